The van der Waals surface area contributed by atoms with Crippen molar-refractivity contribution in [2.75, 3.05) is 7.11 Å². The van der Waals surface area contributed by atoms with E-state index in [-0.39, 0.29) is 5.54 Å². The summed E-state index contributed by atoms with van der Waals surface area (Å²) in [7, 11) is 1.29. The normalized spacial score (nSPS) is 38.8. The van der Waals surface area contributed by atoms with Gasteiger partial charge in [-0.2, -0.15) is 0 Å². The molecule has 22 heavy (non-hydrogen) atoms. The van der Waals surface area contributed by atoms with E-state index in [0.29, 0.717) is 18.3 Å². The fourth-order valence-electron chi connectivity index (χ4n) is 4.56. The Labute approximate surface area is 132 Å². The Balaban J connectivity index is 1.97. The molecule has 5 unspecified atom stereocenters. The van der Waals surface area contributed by atoms with Crippen molar-refractivity contribution >= 4 is 12.1 Å². The first-order valence-corrected chi connectivity index (χ1v) is 8.01. The second-order valence-corrected chi connectivity index (χ2v) is 7.59. The molecule has 0 saturated heterocycles. The van der Waals surface area contributed by atoms with Crippen LogP contribution in [0.5, 0.6) is 0 Å². The number of rotatable bonds is 3. The molecule has 0 radical (unpaired) electrons. The monoisotopic (exact) mass is 312 g/mol. The number of amides is 1. The minimum Gasteiger partial charge on any atom is -0.467 e. The van der Waals surface area contributed by atoms with E-state index < -0.39 is 23.7 Å². The Morgan fingerprint density at radius 1 is 1.32 bits per heavy atom. The first-order chi connectivity index (χ1) is 10.1. The van der Waals surface area contributed by atoms with E-state index in [2.05, 4.69) is 17.0 Å². The Morgan fingerprint density at radius 2 is 2.00 bits per heavy atom. The molecule has 2 saturated carbocycles. The molecule has 2 rings (SSSR count). The van der Waals surface area contributed by atoms with Gasteiger partial charge in [0.15, 0.2) is 0 Å². The summed E-state index contributed by atoms with van der Waals surface area (Å²) in [6, 6.07) is -0.726. The number of carbonyl (C=O) groups is 2. The zero-order valence-electron chi connectivity index (χ0n) is 14.0. The Morgan fingerprint density at radius 3 is 2.59 bits per heavy atom. The van der Waals surface area contributed by atoms with Crippen LogP contribution in [0.2, 0.25) is 0 Å². The van der Waals surface area contributed by atoms with Gasteiger partial charge in [-0.05, 0) is 51.4 Å². The SMILES string of the molecule is COC(=O)C(C)NC(=O)OC1(C)CC2CC(C)CC(N)(C2)C1. The van der Waals surface area contributed by atoms with E-state index in [0.717, 1.165) is 25.7 Å². The number of nitrogens with two attached hydrogens (primary N) is 1. The average molecular weight is 312 g/mol. The summed E-state index contributed by atoms with van der Waals surface area (Å²) in [5.41, 5.74) is 5.71. The van der Waals surface area contributed by atoms with Crippen molar-refractivity contribution in [3.05, 3.63) is 0 Å². The molecule has 2 aliphatic carbocycles. The molecule has 1 amide bonds. The van der Waals surface area contributed by atoms with E-state index in [9.17, 15) is 9.59 Å². The van der Waals surface area contributed by atoms with Crippen LogP contribution >= 0.6 is 0 Å². The van der Waals surface area contributed by atoms with Gasteiger partial charge < -0.3 is 20.5 Å². The highest BCUT2D eigenvalue weighted by Crippen LogP contribution is 2.48. The van der Waals surface area contributed by atoms with Crippen LogP contribution in [0.3, 0.4) is 0 Å². The lowest BCUT2D eigenvalue weighted by Crippen LogP contribution is -2.58. The van der Waals surface area contributed by atoms with Crippen LogP contribution in [-0.4, -0.2) is 36.4 Å². The lowest BCUT2D eigenvalue weighted by Gasteiger charge is -2.52. The molecule has 6 nitrogen and oxygen atoms in total. The number of nitrogens with one attached hydrogen (secondary N) is 1. The van der Waals surface area contributed by atoms with Crippen molar-refractivity contribution < 1.29 is 19.1 Å². The number of hydrogen-bond donors (Lipinski definition) is 2. The van der Waals surface area contributed by atoms with E-state index in [4.69, 9.17) is 10.5 Å². The molecule has 5 atom stereocenters. The number of esters is 1. The van der Waals surface area contributed by atoms with Gasteiger partial charge in [0, 0.05) is 12.0 Å². The summed E-state index contributed by atoms with van der Waals surface area (Å²) in [6.07, 6.45) is 4.03. The lowest BCUT2D eigenvalue weighted by atomic mass is 9.60. The molecule has 0 aliphatic heterocycles. The molecule has 0 aromatic heterocycles. The molecule has 6 heteroatoms. The number of ether oxygens (including phenoxy) is 2. The van der Waals surface area contributed by atoms with Gasteiger partial charge in [0.05, 0.1) is 7.11 Å². The summed E-state index contributed by atoms with van der Waals surface area (Å²) >= 11 is 0. The fraction of sp³-hybridized carbons (Fsp3) is 0.875. The first-order valence-electron chi connectivity index (χ1n) is 8.01. The number of methoxy groups -OCH3 is 1. The maximum absolute atomic E-state index is 12.1. The number of carbonyl (C=O) groups excluding carboxylic acids is 2. The van der Waals surface area contributed by atoms with Crippen molar-refractivity contribution in [2.45, 2.75) is 70.1 Å². The van der Waals surface area contributed by atoms with E-state index in [1.54, 1.807) is 6.92 Å². The molecule has 3 N–H and O–H groups in total. The van der Waals surface area contributed by atoms with E-state index >= 15 is 0 Å². The van der Waals surface area contributed by atoms with Crippen LogP contribution in [0.15, 0.2) is 0 Å². The highest BCUT2D eigenvalue weighted by Gasteiger charge is 2.49. The van der Waals surface area contributed by atoms with Crippen LogP contribution < -0.4 is 11.1 Å². The third-order valence-corrected chi connectivity index (χ3v) is 4.86. The highest BCUT2D eigenvalue weighted by molar-refractivity contribution is 5.80. The lowest BCUT2D eigenvalue weighted by molar-refractivity contribution is -0.142. The third kappa shape index (κ3) is 3.91. The Bertz CT molecular complexity index is 451. The van der Waals surface area contributed by atoms with Gasteiger partial charge in [0.1, 0.15) is 11.6 Å². The molecule has 0 aromatic rings. The molecular formula is C16H28N2O4. The minimum atomic E-state index is -0.726. The maximum Gasteiger partial charge on any atom is 0.408 e. The predicted molar refractivity (Wildman–Crippen MR) is 82.2 cm³/mol. The smallest absolute Gasteiger partial charge is 0.408 e. The molecule has 0 spiro atoms. The van der Waals surface area contributed by atoms with Crippen LogP contribution in [0.1, 0.15) is 52.9 Å². The minimum absolute atomic E-state index is 0.246. The molecule has 0 heterocycles. The van der Waals surface area contributed by atoms with Crippen LogP contribution in [0.25, 0.3) is 0 Å². The first kappa shape index (κ1) is 17.1. The van der Waals surface area contributed by atoms with Gasteiger partial charge in [0.25, 0.3) is 0 Å². The van der Waals surface area contributed by atoms with E-state index in [1.165, 1.54) is 7.11 Å². The average Bonchev–Trinajstić information content (AvgIpc) is 2.33. The molecule has 2 fully saturated rings. The zero-order chi connectivity index (χ0) is 16.5. The topological polar surface area (TPSA) is 90.6 Å². The molecule has 0 aromatic carbocycles. The van der Waals surface area contributed by atoms with Gasteiger partial charge >= 0.3 is 12.1 Å². The van der Waals surface area contributed by atoms with Gasteiger partial charge in [-0.15, -0.1) is 0 Å². The quantitative estimate of drug-likeness (QED) is 0.777. The molecule has 2 bridgehead atoms. The summed E-state index contributed by atoms with van der Waals surface area (Å²) in [5, 5.41) is 2.51. The molecule has 2 aliphatic rings. The van der Waals surface area contributed by atoms with Crippen molar-refractivity contribution in [1.82, 2.24) is 5.32 Å². The summed E-state index contributed by atoms with van der Waals surface area (Å²) in [5.74, 6) is 0.631. The van der Waals surface area contributed by atoms with Crippen LogP contribution in [0, 0.1) is 11.8 Å². The van der Waals surface area contributed by atoms with Gasteiger partial charge in [0.2, 0.25) is 0 Å². The van der Waals surface area contributed by atoms with Crippen molar-refractivity contribution in [3.63, 3.8) is 0 Å². The van der Waals surface area contributed by atoms with Crippen LogP contribution in [0.4, 0.5) is 4.79 Å². The predicted octanol–water partition coefficient (Wildman–Crippen LogP) is 1.96. The van der Waals surface area contributed by atoms with Crippen molar-refractivity contribution in [3.8, 4) is 0 Å². The third-order valence-electron chi connectivity index (χ3n) is 4.86. The van der Waals surface area contributed by atoms with Gasteiger partial charge in [-0.25, -0.2) is 9.59 Å². The summed E-state index contributed by atoms with van der Waals surface area (Å²) in [6.45, 7) is 5.75. The Kier molecular flexibility index (Phi) is 4.70. The largest absolute Gasteiger partial charge is 0.467 e. The molecule has 126 valence electrons. The number of fused-ring (bicyclic) bond motifs is 2. The highest BCUT2D eigenvalue weighted by atomic mass is 16.6. The maximum atomic E-state index is 12.1. The fourth-order valence-corrected chi connectivity index (χ4v) is 4.56. The van der Waals surface area contributed by atoms with E-state index in [1.807, 2.05) is 6.92 Å². The molecular weight excluding hydrogens is 284 g/mol. The second-order valence-electron chi connectivity index (χ2n) is 7.59. The zero-order valence-corrected chi connectivity index (χ0v) is 14.0. The van der Waals surface area contributed by atoms with Crippen molar-refractivity contribution in [1.29, 1.82) is 0 Å². The number of hydrogen-bond acceptors (Lipinski definition) is 5. The number of alkyl carbamates (subject to hydrolysis) is 1. The summed E-state index contributed by atoms with van der Waals surface area (Å²) < 4.78 is 10.2. The van der Waals surface area contributed by atoms with Crippen LogP contribution in [-0.2, 0) is 14.3 Å². The Hall–Kier alpha value is -1.30. The van der Waals surface area contributed by atoms with Gasteiger partial charge in [-0.1, -0.05) is 6.92 Å². The summed E-state index contributed by atoms with van der Waals surface area (Å²) in [4.78, 5) is 23.4. The van der Waals surface area contributed by atoms with Gasteiger partial charge in [-0.3, -0.25) is 0 Å². The van der Waals surface area contributed by atoms with Crippen molar-refractivity contribution in [2.24, 2.45) is 17.6 Å². The second kappa shape index (κ2) is 6.07. The standard InChI is InChI=1S/C16H28N2O4/c1-10-5-12-7-15(3,9-16(17,6-10)8-12)22-14(20)18-11(2)13(19)21-4/h10-12H,5-9,17H2,1-4H3,(H,18,20).